The number of rotatable bonds is 5. The van der Waals surface area contributed by atoms with E-state index in [-0.39, 0.29) is 29.6 Å². The molecule has 0 amide bonds. The fraction of sp³-hybridized carbons (Fsp3) is 0.818. The van der Waals surface area contributed by atoms with Crippen molar-refractivity contribution in [1.29, 1.82) is 0 Å². The molecule has 0 aromatic rings. The van der Waals surface area contributed by atoms with E-state index in [1.54, 1.807) is 0 Å². The molecule has 1 nitrogen and oxygen atoms in total. The van der Waals surface area contributed by atoms with E-state index >= 15 is 0 Å². The van der Waals surface area contributed by atoms with Crippen molar-refractivity contribution in [3.63, 3.8) is 0 Å². The molecule has 0 N–H and O–H groups in total. The normalized spacial score (nSPS) is 9.23. The maximum absolute atomic E-state index is 3.88. The van der Waals surface area contributed by atoms with Gasteiger partial charge in [0.05, 0.1) is 0 Å². The van der Waals surface area contributed by atoms with Crippen molar-refractivity contribution in [2.45, 2.75) is 46.1 Å². The molecule has 0 spiro atoms. The van der Waals surface area contributed by atoms with Crippen LogP contribution in [0.4, 0.5) is 0 Å². The topological polar surface area (TPSA) is 3.24 Å². The molecule has 13 heavy (non-hydrogen) atoms. The van der Waals surface area contributed by atoms with E-state index in [4.69, 9.17) is 0 Å². The van der Waals surface area contributed by atoms with Crippen LogP contribution in [0.2, 0.25) is 0 Å². The molecule has 0 radical (unpaired) electrons. The molecule has 0 aliphatic carbocycles. The van der Waals surface area contributed by atoms with Crippen molar-refractivity contribution in [1.82, 2.24) is 4.90 Å². The predicted octanol–water partition coefficient (Wildman–Crippen LogP) is 0.175. The fourth-order valence-corrected chi connectivity index (χ4v) is 1.12. The van der Waals surface area contributed by atoms with E-state index < -0.39 is 0 Å². The SMILES string of the molecule is CC.[CH2-]CC(C[CH2-])N(C)CCC.[Na+]. The third-order valence-electron chi connectivity index (χ3n) is 1.87. The zero-order chi connectivity index (χ0) is 9.98. The first-order valence-electron chi connectivity index (χ1n) is 5.05. The van der Waals surface area contributed by atoms with Gasteiger partial charge in [-0.15, -0.1) is 0 Å². The Morgan fingerprint density at radius 3 is 1.77 bits per heavy atom. The molecule has 0 heterocycles. The summed E-state index contributed by atoms with van der Waals surface area (Å²) in [5.74, 6) is 0. The molecule has 0 aliphatic heterocycles. The van der Waals surface area contributed by atoms with Crippen LogP contribution in [0.1, 0.15) is 40.0 Å². The molecule has 76 valence electrons. The van der Waals surface area contributed by atoms with Gasteiger partial charge in [-0.1, -0.05) is 20.8 Å². The number of nitrogens with zero attached hydrogens (tertiary/aromatic N) is 1. The summed E-state index contributed by atoms with van der Waals surface area (Å²) in [6, 6.07) is 0.583. The second-order valence-corrected chi connectivity index (χ2v) is 2.71. The third kappa shape index (κ3) is 10.9. The number of hydrogen-bond donors (Lipinski definition) is 0. The van der Waals surface area contributed by atoms with Crippen LogP contribution in [0, 0.1) is 13.8 Å². The first kappa shape index (κ1) is 19.5. The fourth-order valence-electron chi connectivity index (χ4n) is 1.12. The van der Waals surface area contributed by atoms with Crippen LogP contribution in [-0.2, 0) is 0 Å². The van der Waals surface area contributed by atoms with Crippen LogP contribution in [-0.4, -0.2) is 24.5 Å². The molecule has 0 bridgehead atoms. The summed E-state index contributed by atoms with van der Waals surface area (Å²) in [6.45, 7) is 15.1. The quantitative estimate of drug-likeness (QED) is 0.446. The van der Waals surface area contributed by atoms with Gasteiger partial charge in [-0.2, -0.15) is 12.8 Å². The average Bonchev–Trinajstić information content (AvgIpc) is 2.11. The molecule has 0 saturated carbocycles. The van der Waals surface area contributed by atoms with Gasteiger partial charge in [0.2, 0.25) is 0 Å². The van der Waals surface area contributed by atoms with Crippen LogP contribution < -0.4 is 29.6 Å². The molecule has 0 atom stereocenters. The van der Waals surface area contributed by atoms with Crippen LogP contribution in [0.5, 0.6) is 0 Å². The Bertz CT molecular complexity index is 72.5. The standard InChI is InChI=1S/C9H19N.C2H6.Na/c1-5-8-10(4)9(6-2)7-3;1-2;/h9H,2-3,5-8H2,1,4H3;1-2H3;/q-2;;+1. The van der Waals surface area contributed by atoms with E-state index in [1.165, 1.54) is 6.42 Å². The monoisotopic (exact) mass is 194 g/mol. The van der Waals surface area contributed by atoms with Gasteiger partial charge < -0.3 is 18.7 Å². The van der Waals surface area contributed by atoms with E-state index in [9.17, 15) is 0 Å². The summed E-state index contributed by atoms with van der Waals surface area (Å²) in [4.78, 5) is 2.33. The second kappa shape index (κ2) is 15.4. The van der Waals surface area contributed by atoms with Crippen molar-refractivity contribution in [2.75, 3.05) is 13.6 Å². The Balaban J connectivity index is -0.000000309. The first-order valence-corrected chi connectivity index (χ1v) is 5.05. The van der Waals surface area contributed by atoms with Crippen molar-refractivity contribution in [2.24, 2.45) is 0 Å². The van der Waals surface area contributed by atoms with E-state index in [2.05, 4.69) is 32.7 Å². The molecule has 2 heteroatoms. The van der Waals surface area contributed by atoms with Gasteiger partial charge in [-0.05, 0) is 26.1 Å². The molecular weight excluding hydrogens is 169 g/mol. The van der Waals surface area contributed by atoms with Gasteiger partial charge in [-0.3, -0.25) is 0 Å². The van der Waals surface area contributed by atoms with Crippen molar-refractivity contribution in [3.8, 4) is 0 Å². The van der Waals surface area contributed by atoms with Crippen molar-refractivity contribution >= 4 is 0 Å². The van der Waals surface area contributed by atoms with E-state index in [0.29, 0.717) is 6.04 Å². The summed E-state index contributed by atoms with van der Waals surface area (Å²) in [5.41, 5.74) is 0. The van der Waals surface area contributed by atoms with Crippen LogP contribution >= 0.6 is 0 Å². The smallest absolute Gasteiger partial charge is 0.342 e. The predicted molar refractivity (Wildman–Crippen MR) is 58.0 cm³/mol. The van der Waals surface area contributed by atoms with E-state index in [1.807, 2.05) is 13.8 Å². The largest absolute Gasteiger partial charge is 1.00 e. The molecular formula is C11H25NNa-. The summed E-state index contributed by atoms with van der Waals surface area (Å²) in [6.07, 6.45) is 3.16. The van der Waals surface area contributed by atoms with Gasteiger partial charge in [0, 0.05) is 0 Å². The molecule has 0 aromatic heterocycles. The Kier molecular flexibility index (Phi) is 23.2. The number of hydrogen-bond acceptors (Lipinski definition) is 1. The zero-order valence-electron chi connectivity index (χ0n) is 10.3. The van der Waals surface area contributed by atoms with Crippen molar-refractivity contribution in [3.05, 3.63) is 13.8 Å². The van der Waals surface area contributed by atoms with Gasteiger partial charge in [0.15, 0.2) is 0 Å². The molecule has 0 rings (SSSR count). The van der Waals surface area contributed by atoms with Gasteiger partial charge in [0.1, 0.15) is 0 Å². The van der Waals surface area contributed by atoms with Crippen LogP contribution in [0.3, 0.4) is 0 Å². The van der Waals surface area contributed by atoms with Gasteiger partial charge in [0.25, 0.3) is 0 Å². The molecule has 0 unspecified atom stereocenters. The third-order valence-corrected chi connectivity index (χ3v) is 1.87. The molecule has 0 saturated heterocycles. The summed E-state index contributed by atoms with van der Waals surface area (Å²) in [5, 5.41) is 0. The van der Waals surface area contributed by atoms with Crippen LogP contribution in [0.25, 0.3) is 0 Å². The Morgan fingerprint density at radius 2 is 1.54 bits per heavy atom. The van der Waals surface area contributed by atoms with Crippen molar-refractivity contribution < 1.29 is 29.6 Å². The maximum Gasteiger partial charge on any atom is 1.00 e. The minimum atomic E-state index is 0. The minimum absolute atomic E-state index is 0. The summed E-state index contributed by atoms with van der Waals surface area (Å²) in [7, 11) is 2.14. The second-order valence-electron chi connectivity index (χ2n) is 2.71. The minimum Gasteiger partial charge on any atom is -0.342 e. The van der Waals surface area contributed by atoms with E-state index in [0.717, 1.165) is 19.4 Å². The molecule has 0 aliphatic rings. The van der Waals surface area contributed by atoms with Gasteiger partial charge >= 0.3 is 29.6 Å². The Labute approximate surface area is 108 Å². The summed E-state index contributed by atoms with van der Waals surface area (Å²) >= 11 is 0. The molecule has 0 fully saturated rings. The Morgan fingerprint density at radius 1 is 1.15 bits per heavy atom. The molecule has 0 aromatic carbocycles. The first-order chi connectivity index (χ1) is 5.76. The maximum atomic E-state index is 3.88. The summed E-state index contributed by atoms with van der Waals surface area (Å²) < 4.78 is 0. The average molecular weight is 194 g/mol. The van der Waals surface area contributed by atoms with Crippen LogP contribution in [0.15, 0.2) is 0 Å². The zero-order valence-corrected chi connectivity index (χ0v) is 12.3. The van der Waals surface area contributed by atoms with Gasteiger partial charge in [-0.25, -0.2) is 0 Å². The Hall–Kier alpha value is 0.960.